The molecular formula is C19H20BrClN2O4. The van der Waals surface area contributed by atoms with Gasteiger partial charge in [-0.2, -0.15) is 5.10 Å². The number of benzene rings is 2. The average molecular weight is 456 g/mol. The number of aryl methyl sites for hydroxylation is 2. The minimum Gasteiger partial charge on any atom is -0.493 e. The maximum Gasteiger partial charge on any atom is 0.277 e. The Morgan fingerprint density at radius 2 is 1.85 bits per heavy atom. The molecule has 0 aliphatic carbocycles. The van der Waals surface area contributed by atoms with Gasteiger partial charge < -0.3 is 14.2 Å². The van der Waals surface area contributed by atoms with E-state index in [0.717, 1.165) is 16.7 Å². The fourth-order valence-electron chi connectivity index (χ4n) is 2.36. The molecule has 8 heteroatoms. The van der Waals surface area contributed by atoms with Crippen LogP contribution in [0.15, 0.2) is 33.8 Å². The van der Waals surface area contributed by atoms with Gasteiger partial charge in [0, 0.05) is 5.02 Å². The lowest BCUT2D eigenvalue weighted by molar-refractivity contribution is -0.123. The third-order valence-corrected chi connectivity index (χ3v) is 4.82. The molecule has 0 aromatic heterocycles. The molecule has 0 fully saturated rings. The third-order valence-electron chi connectivity index (χ3n) is 3.64. The lowest BCUT2D eigenvalue weighted by Crippen LogP contribution is -2.24. The lowest BCUT2D eigenvalue weighted by Gasteiger charge is -2.10. The molecule has 2 aromatic rings. The number of halogens is 2. The molecule has 0 bridgehead atoms. The number of ether oxygens (including phenoxy) is 3. The van der Waals surface area contributed by atoms with Crippen molar-refractivity contribution >= 4 is 39.7 Å². The molecule has 0 unspecified atom stereocenters. The largest absolute Gasteiger partial charge is 0.493 e. The Kier molecular flexibility index (Phi) is 7.50. The second-order valence-corrected chi connectivity index (χ2v) is 6.92. The highest BCUT2D eigenvalue weighted by molar-refractivity contribution is 9.10. The monoisotopic (exact) mass is 454 g/mol. The Hall–Kier alpha value is -2.25. The maximum absolute atomic E-state index is 11.9. The van der Waals surface area contributed by atoms with E-state index in [0.29, 0.717) is 26.7 Å². The van der Waals surface area contributed by atoms with Crippen molar-refractivity contribution in [3.05, 3.63) is 50.5 Å². The van der Waals surface area contributed by atoms with Crippen LogP contribution >= 0.6 is 27.5 Å². The van der Waals surface area contributed by atoms with Gasteiger partial charge in [0.2, 0.25) is 0 Å². The van der Waals surface area contributed by atoms with Crippen LogP contribution in [-0.4, -0.2) is 32.9 Å². The van der Waals surface area contributed by atoms with Crippen molar-refractivity contribution in [2.45, 2.75) is 13.8 Å². The molecule has 2 aromatic carbocycles. The number of nitrogens with one attached hydrogen (secondary N) is 1. The van der Waals surface area contributed by atoms with Crippen molar-refractivity contribution in [3.8, 4) is 17.2 Å². The maximum atomic E-state index is 11.9. The van der Waals surface area contributed by atoms with Gasteiger partial charge in [0.25, 0.3) is 5.91 Å². The van der Waals surface area contributed by atoms with Gasteiger partial charge in [0.15, 0.2) is 18.1 Å². The highest BCUT2D eigenvalue weighted by atomic mass is 79.9. The number of hydrazone groups is 1. The van der Waals surface area contributed by atoms with Crippen molar-refractivity contribution in [2.75, 3.05) is 20.8 Å². The first-order valence-corrected chi connectivity index (χ1v) is 9.15. The first-order chi connectivity index (χ1) is 12.8. The van der Waals surface area contributed by atoms with Crippen LogP contribution in [0.3, 0.4) is 0 Å². The van der Waals surface area contributed by atoms with E-state index in [-0.39, 0.29) is 12.5 Å². The predicted octanol–water partition coefficient (Wildman–Crippen LogP) is 4.27. The van der Waals surface area contributed by atoms with Crippen molar-refractivity contribution in [3.63, 3.8) is 0 Å². The molecule has 0 aliphatic rings. The van der Waals surface area contributed by atoms with Crippen molar-refractivity contribution < 1.29 is 19.0 Å². The standard InChI is InChI=1S/C19H20BrClN2O4/c1-11-5-14(6-12(2)18(11)21)27-10-17(24)23-22-9-13-7-15(20)19(26-4)16(8-13)25-3/h5-9H,10H2,1-4H3,(H,23,24)/b22-9+. The van der Waals surface area contributed by atoms with Crippen LogP contribution in [-0.2, 0) is 4.79 Å². The van der Waals surface area contributed by atoms with Crippen molar-refractivity contribution in [1.82, 2.24) is 5.43 Å². The Balaban J connectivity index is 1.95. The molecular weight excluding hydrogens is 436 g/mol. The van der Waals surface area contributed by atoms with Crippen LogP contribution in [0.1, 0.15) is 16.7 Å². The Morgan fingerprint density at radius 3 is 2.44 bits per heavy atom. The zero-order valence-corrected chi connectivity index (χ0v) is 17.8. The average Bonchev–Trinajstić information content (AvgIpc) is 2.63. The number of amides is 1. The van der Waals surface area contributed by atoms with Crippen LogP contribution in [0.4, 0.5) is 0 Å². The number of nitrogens with zero attached hydrogens (tertiary/aromatic N) is 1. The van der Waals surface area contributed by atoms with Gasteiger partial charge in [0.05, 0.1) is 24.9 Å². The van der Waals surface area contributed by atoms with Gasteiger partial charge in [-0.15, -0.1) is 0 Å². The smallest absolute Gasteiger partial charge is 0.277 e. The van der Waals surface area contributed by atoms with E-state index in [4.69, 9.17) is 25.8 Å². The molecule has 27 heavy (non-hydrogen) atoms. The summed E-state index contributed by atoms with van der Waals surface area (Å²) in [5.74, 6) is 1.34. The van der Waals surface area contributed by atoms with Crippen LogP contribution in [0.2, 0.25) is 5.02 Å². The first kappa shape index (κ1) is 21.1. The molecule has 0 saturated carbocycles. The molecule has 0 heterocycles. The number of hydrogen-bond donors (Lipinski definition) is 1. The Morgan fingerprint density at radius 1 is 1.19 bits per heavy atom. The zero-order chi connectivity index (χ0) is 20.0. The second kappa shape index (κ2) is 9.62. The highest BCUT2D eigenvalue weighted by Crippen LogP contribution is 2.35. The normalized spacial score (nSPS) is 10.7. The third kappa shape index (κ3) is 5.61. The van der Waals surface area contributed by atoms with E-state index in [1.807, 2.05) is 13.8 Å². The topological polar surface area (TPSA) is 69.2 Å². The van der Waals surface area contributed by atoms with Crippen LogP contribution in [0, 0.1) is 13.8 Å². The van der Waals surface area contributed by atoms with Crippen LogP contribution in [0.5, 0.6) is 17.2 Å². The van der Waals surface area contributed by atoms with Crippen LogP contribution in [0.25, 0.3) is 0 Å². The Labute approximate surface area is 171 Å². The molecule has 2 rings (SSSR count). The SMILES string of the molecule is COc1cc(/C=N/NC(=O)COc2cc(C)c(Cl)c(C)c2)cc(Br)c1OC. The van der Waals surface area contributed by atoms with E-state index in [1.54, 1.807) is 38.5 Å². The van der Waals surface area contributed by atoms with E-state index in [2.05, 4.69) is 26.5 Å². The fraction of sp³-hybridized carbons (Fsp3) is 0.263. The second-order valence-electron chi connectivity index (χ2n) is 5.69. The molecule has 0 radical (unpaired) electrons. The quantitative estimate of drug-likeness (QED) is 0.500. The number of carbonyl (C=O) groups excluding carboxylic acids is 1. The lowest BCUT2D eigenvalue weighted by atomic mass is 10.1. The van der Waals surface area contributed by atoms with E-state index in [1.165, 1.54) is 6.21 Å². The number of carbonyl (C=O) groups is 1. The summed E-state index contributed by atoms with van der Waals surface area (Å²) in [7, 11) is 3.10. The molecule has 144 valence electrons. The van der Waals surface area contributed by atoms with Gasteiger partial charge in [-0.1, -0.05) is 11.6 Å². The molecule has 6 nitrogen and oxygen atoms in total. The van der Waals surface area contributed by atoms with Crippen molar-refractivity contribution in [2.24, 2.45) is 5.10 Å². The predicted molar refractivity (Wildman–Crippen MR) is 109 cm³/mol. The van der Waals surface area contributed by atoms with E-state index >= 15 is 0 Å². The zero-order valence-electron chi connectivity index (χ0n) is 15.4. The number of methoxy groups -OCH3 is 2. The number of hydrogen-bond acceptors (Lipinski definition) is 5. The summed E-state index contributed by atoms with van der Waals surface area (Å²) >= 11 is 9.52. The molecule has 0 saturated heterocycles. The van der Waals surface area contributed by atoms with Gasteiger partial charge in [-0.3, -0.25) is 4.79 Å². The van der Waals surface area contributed by atoms with Gasteiger partial charge in [0.1, 0.15) is 5.75 Å². The summed E-state index contributed by atoms with van der Waals surface area (Å²) in [6, 6.07) is 7.11. The van der Waals surface area contributed by atoms with Gasteiger partial charge in [-0.05, 0) is 70.7 Å². The number of rotatable bonds is 7. The van der Waals surface area contributed by atoms with E-state index in [9.17, 15) is 4.79 Å². The summed E-state index contributed by atoms with van der Waals surface area (Å²) in [6.07, 6.45) is 1.50. The van der Waals surface area contributed by atoms with Gasteiger partial charge >= 0.3 is 0 Å². The Bertz CT molecular complexity index is 848. The molecule has 0 spiro atoms. The summed E-state index contributed by atoms with van der Waals surface area (Å²) in [6.45, 7) is 3.61. The summed E-state index contributed by atoms with van der Waals surface area (Å²) in [5, 5.41) is 4.62. The molecule has 0 aliphatic heterocycles. The van der Waals surface area contributed by atoms with Crippen molar-refractivity contribution in [1.29, 1.82) is 0 Å². The molecule has 0 atom stereocenters. The highest BCUT2D eigenvalue weighted by Gasteiger charge is 2.10. The summed E-state index contributed by atoms with van der Waals surface area (Å²) < 4.78 is 16.7. The molecule has 1 N–H and O–H groups in total. The fourth-order valence-corrected chi connectivity index (χ4v) is 3.09. The van der Waals surface area contributed by atoms with E-state index < -0.39 is 0 Å². The summed E-state index contributed by atoms with van der Waals surface area (Å²) in [4.78, 5) is 11.9. The van der Waals surface area contributed by atoms with Crippen LogP contribution < -0.4 is 19.6 Å². The first-order valence-electron chi connectivity index (χ1n) is 7.98. The molecule has 1 amide bonds. The minimum atomic E-state index is -0.379. The minimum absolute atomic E-state index is 0.159. The summed E-state index contributed by atoms with van der Waals surface area (Å²) in [5.41, 5.74) is 4.93. The van der Waals surface area contributed by atoms with Gasteiger partial charge in [-0.25, -0.2) is 5.43 Å².